The van der Waals surface area contributed by atoms with Crippen LogP contribution in [0.25, 0.3) is 0 Å². The van der Waals surface area contributed by atoms with E-state index in [1.165, 1.54) is 49.0 Å². The number of anilines is 1. The summed E-state index contributed by atoms with van der Waals surface area (Å²) in [4.78, 5) is 14.3. The SMILES string of the molecule is COc1ccc(CC(C)N(C)C(=O)Nc2nnc(C3CCCCC3)s2)cc1. The van der Waals surface area contributed by atoms with Crippen molar-refractivity contribution in [3.05, 3.63) is 34.8 Å². The molecule has 1 saturated carbocycles. The zero-order chi connectivity index (χ0) is 19.2. The van der Waals surface area contributed by atoms with Crippen molar-refractivity contribution in [3.63, 3.8) is 0 Å². The number of nitrogens with one attached hydrogen (secondary N) is 1. The number of benzene rings is 1. The summed E-state index contributed by atoms with van der Waals surface area (Å²) in [6.07, 6.45) is 6.98. The number of carbonyl (C=O) groups excluding carboxylic acids is 1. The fourth-order valence-electron chi connectivity index (χ4n) is 3.42. The van der Waals surface area contributed by atoms with Crippen LogP contribution in [0, 0.1) is 0 Å². The number of amides is 2. The lowest BCUT2D eigenvalue weighted by molar-refractivity contribution is 0.207. The van der Waals surface area contributed by atoms with Gasteiger partial charge in [0, 0.05) is 19.0 Å². The van der Waals surface area contributed by atoms with Gasteiger partial charge in [-0.25, -0.2) is 4.79 Å². The molecule has 3 rings (SSSR count). The molecule has 2 amide bonds. The summed E-state index contributed by atoms with van der Waals surface area (Å²) in [7, 11) is 3.47. The molecule has 27 heavy (non-hydrogen) atoms. The topological polar surface area (TPSA) is 67.3 Å². The molecule has 1 aromatic heterocycles. The van der Waals surface area contributed by atoms with Crippen LogP contribution >= 0.6 is 11.3 Å². The van der Waals surface area contributed by atoms with Gasteiger partial charge in [-0.1, -0.05) is 42.7 Å². The molecule has 0 spiro atoms. The summed E-state index contributed by atoms with van der Waals surface area (Å²) in [5, 5.41) is 13.0. The van der Waals surface area contributed by atoms with E-state index in [2.05, 4.69) is 15.5 Å². The third kappa shape index (κ3) is 5.19. The average Bonchev–Trinajstić information content (AvgIpc) is 3.17. The Hall–Kier alpha value is -2.15. The van der Waals surface area contributed by atoms with E-state index in [-0.39, 0.29) is 12.1 Å². The van der Waals surface area contributed by atoms with Gasteiger partial charge in [0.2, 0.25) is 5.13 Å². The van der Waals surface area contributed by atoms with Gasteiger partial charge >= 0.3 is 6.03 Å². The first-order chi connectivity index (χ1) is 13.1. The summed E-state index contributed by atoms with van der Waals surface area (Å²) in [5.74, 6) is 1.34. The summed E-state index contributed by atoms with van der Waals surface area (Å²) >= 11 is 1.51. The van der Waals surface area contributed by atoms with E-state index >= 15 is 0 Å². The van der Waals surface area contributed by atoms with E-state index in [9.17, 15) is 4.79 Å². The van der Waals surface area contributed by atoms with Crippen LogP contribution in [0.2, 0.25) is 0 Å². The van der Waals surface area contributed by atoms with Crippen LogP contribution < -0.4 is 10.1 Å². The van der Waals surface area contributed by atoms with Gasteiger partial charge in [-0.2, -0.15) is 0 Å². The molecule has 1 fully saturated rings. The summed E-state index contributed by atoms with van der Waals surface area (Å²) in [6, 6.07) is 7.85. The van der Waals surface area contributed by atoms with Gasteiger partial charge in [-0.05, 0) is 43.9 Å². The van der Waals surface area contributed by atoms with Crippen LogP contribution in [0.5, 0.6) is 5.75 Å². The number of hydrogen-bond donors (Lipinski definition) is 1. The van der Waals surface area contributed by atoms with Crippen LogP contribution in [0.4, 0.5) is 9.93 Å². The van der Waals surface area contributed by atoms with Crippen molar-refractivity contribution in [1.29, 1.82) is 0 Å². The number of urea groups is 1. The molecule has 7 heteroatoms. The predicted molar refractivity (Wildman–Crippen MR) is 109 cm³/mol. The molecule has 1 heterocycles. The van der Waals surface area contributed by atoms with E-state index < -0.39 is 0 Å². The molecule has 0 saturated heterocycles. The van der Waals surface area contributed by atoms with Crippen molar-refractivity contribution in [2.24, 2.45) is 0 Å². The number of rotatable bonds is 6. The van der Waals surface area contributed by atoms with E-state index in [4.69, 9.17) is 4.74 Å². The summed E-state index contributed by atoms with van der Waals surface area (Å²) in [5.41, 5.74) is 1.17. The number of carbonyl (C=O) groups is 1. The first-order valence-corrected chi connectivity index (χ1v) is 10.4. The maximum Gasteiger partial charge on any atom is 0.323 e. The molecule has 0 bridgehead atoms. The fourth-order valence-corrected chi connectivity index (χ4v) is 4.32. The molecule has 1 unspecified atom stereocenters. The molecular weight excluding hydrogens is 360 g/mol. The monoisotopic (exact) mass is 388 g/mol. The second-order valence-corrected chi connectivity index (χ2v) is 8.23. The maximum absolute atomic E-state index is 12.6. The molecule has 1 aliphatic rings. The Kier molecular flexibility index (Phi) is 6.66. The normalized spacial score (nSPS) is 16.0. The maximum atomic E-state index is 12.6. The van der Waals surface area contributed by atoms with Gasteiger partial charge in [0.25, 0.3) is 0 Å². The lowest BCUT2D eigenvalue weighted by Crippen LogP contribution is -2.39. The minimum Gasteiger partial charge on any atom is -0.497 e. The molecule has 0 aliphatic heterocycles. The molecule has 1 aliphatic carbocycles. The van der Waals surface area contributed by atoms with Gasteiger partial charge in [-0.3, -0.25) is 5.32 Å². The second-order valence-electron chi connectivity index (χ2n) is 7.22. The Balaban J connectivity index is 1.54. The fraction of sp³-hybridized carbons (Fsp3) is 0.550. The number of nitrogens with zero attached hydrogens (tertiary/aromatic N) is 3. The summed E-state index contributed by atoms with van der Waals surface area (Å²) in [6.45, 7) is 2.04. The molecule has 146 valence electrons. The molecule has 1 atom stereocenters. The quantitative estimate of drug-likeness (QED) is 0.779. The standard InChI is InChI=1S/C20H28N4O2S/c1-14(13-15-9-11-17(26-3)12-10-15)24(2)20(25)21-19-23-22-18(27-19)16-7-5-4-6-8-16/h9-12,14,16H,4-8,13H2,1-3H3,(H,21,23,25). The van der Waals surface area contributed by atoms with Crippen LogP contribution in [-0.4, -0.2) is 41.3 Å². The molecule has 6 nitrogen and oxygen atoms in total. The number of hydrogen-bond acceptors (Lipinski definition) is 5. The number of methoxy groups -OCH3 is 1. The largest absolute Gasteiger partial charge is 0.497 e. The van der Waals surface area contributed by atoms with Crippen molar-refractivity contribution in [2.75, 3.05) is 19.5 Å². The van der Waals surface area contributed by atoms with E-state index in [0.29, 0.717) is 11.0 Å². The Morgan fingerprint density at radius 3 is 2.63 bits per heavy atom. The smallest absolute Gasteiger partial charge is 0.323 e. The Labute approximate surface area is 164 Å². The van der Waals surface area contributed by atoms with Crippen molar-refractivity contribution in [1.82, 2.24) is 15.1 Å². The van der Waals surface area contributed by atoms with Crippen molar-refractivity contribution in [2.45, 2.75) is 57.4 Å². The second kappa shape index (κ2) is 9.17. The third-order valence-electron chi connectivity index (χ3n) is 5.28. The van der Waals surface area contributed by atoms with Crippen molar-refractivity contribution >= 4 is 22.5 Å². The minimum atomic E-state index is -0.151. The van der Waals surface area contributed by atoms with Gasteiger partial charge in [-0.15, -0.1) is 10.2 Å². The van der Waals surface area contributed by atoms with Gasteiger partial charge < -0.3 is 9.64 Å². The van der Waals surface area contributed by atoms with Crippen molar-refractivity contribution < 1.29 is 9.53 Å². The zero-order valence-electron chi connectivity index (χ0n) is 16.3. The number of likely N-dealkylation sites (N-methyl/N-ethyl adjacent to an activating group) is 1. The lowest BCUT2D eigenvalue weighted by Gasteiger charge is -2.24. The number of ether oxygens (including phenoxy) is 1. The minimum absolute atomic E-state index is 0.0594. The highest BCUT2D eigenvalue weighted by Gasteiger charge is 2.22. The highest BCUT2D eigenvalue weighted by Crippen LogP contribution is 2.35. The van der Waals surface area contributed by atoms with Crippen molar-refractivity contribution in [3.8, 4) is 5.75 Å². The Bertz CT molecular complexity index is 741. The molecular formula is C20H28N4O2S. The van der Waals surface area contributed by atoms with Gasteiger partial charge in [0.1, 0.15) is 10.8 Å². The van der Waals surface area contributed by atoms with Gasteiger partial charge in [0.15, 0.2) is 0 Å². The van der Waals surface area contributed by atoms with E-state index in [1.807, 2.05) is 38.2 Å². The van der Waals surface area contributed by atoms with Crippen LogP contribution in [-0.2, 0) is 6.42 Å². The molecule has 0 radical (unpaired) electrons. The number of aromatic nitrogens is 2. The first kappa shape index (κ1) is 19.6. The van der Waals surface area contributed by atoms with Crippen LogP contribution in [0.15, 0.2) is 24.3 Å². The Morgan fingerprint density at radius 2 is 1.96 bits per heavy atom. The molecule has 2 aromatic rings. The van der Waals surface area contributed by atoms with Crippen LogP contribution in [0.1, 0.15) is 55.5 Å². The average molecular weight is 389 g/mol. The highest BCUT2D eigenvalue weighted by molar-refractivity contribution is 7.15. The zero-order valence-corrected chi connectivity index (χ0v) is 17.1. The molecule has 1 aromatic carbocycles. The first-order valence-electron chi connectivity index (χ1n) is 9.57. The third-order valence-corrected chi connectivity index (χ3v) is 6.28. The van der Waals surface area contributed by atoms with E-state index in [0.717, 1.165) is 17.2 Å². The van der Waals surface area contributed by atoms with Gasteiger partial charge in [0.05, 0.1) is 7.11 Å². The highest BCUT2D eigenvalue weighted by atomic mass is 32.1. The summed E-state index contributed by atoms with van der Waals surface area (Å²) < 4.78 is 5.19. The lowest BCUT2D eigenvalue weighted by atomic mass is 9.90. The Morgan fingerprint density at radius 1 is 1.26 bits per heavy atom. The molecule has 1 N–H and O–H groups in total. The van der Waals surface area contributed by atoms with Crippen LogP contribution in [0.3, 0.4) is 0 Å². The predicted octanol–water partition coefficient (Wildman–Crippen LogP) is 4.69. The van der Waals surface area contributed by atoms with E-state index in [1.54, 1.807) is 12.0 Å².